The van der Waals surface area contributed by atoms with Gasteiger partial charge in [-0.05, 0) is 17.2 Å². The van der Waals surface area contributed by atoms with Gasteiger partial charge >= 0.3 is 0 Å². The van der Waals surface area contributed by atoms with Gasteiger partial charge in [-0.1, -0.05) is 78.9 Å². The molecular weight excluding hydrogens is 348 g/mol. The first-order valence-electron chi connectivity index (χ1n) is 9.17. The van der Waals surface area contributed by atoms with E-state index in [-0.39, 0.29) is 18.1 Å². The lowest BCUT2D eigenvalue weighted by molar-refractivity contribution is -0.120. The SMILES string of the molecule is O=C(Cc1ccccc1)N[C@@H](c1ccccc1)c1ccc2cccnc2c1O. The number of nitrogens with one attached hydrogen (secondary N) is 1. The molecule has 138 valence electrons. The maximum absolute atomic E-state index is 12.7. The second-order valence-electron chi connectivity index (χ2n) is 6.65. The zero-order valence-corrected chi connectivity index (χ0v) is 15.2. The normalized spacial score (nSPS) is 11.9. The summed E-state index contributed by atoms with van der Waals surface area (Å²) in [6.45, 7) is 0. The molecule has 0 fully saturated rings. The van der Waals surface area contributed by atoms with Crippen molar-refractivity contribution < 1.29 is 9.90 Å². The van der Waals surface area contributed by atoms with Crippen molar-refractivity contribution in [3.8, 4) is 5.75 Å². The Hall–Kier alpha value is -3.66. The minimum Gasteiger partial charge on any atom is -0.505 e. The lowest BCUT2D eigenvalue weighted by Gasteiger charge is -2.21. The molecule has 0 spiro atoms. The van der Waals surface area contributed by atoms with Gasteiger partial charge in [-0.3, -0.25) is 9.78 Å². The number of fused-ring (bicyclic) bond motifs is 1. The van der Waals surface area contributed by atoms with Crippen molar-refractivity contribution in [3.05, 3.63) is 108 Å². The maximum atomic E-state index is 12.7. The number of rotatable bonds is 5. The Labute approximate surface area is 163 Å². The molecule has 4 heteroatoms. The molecule has 1 amide bonds. The van der Waals surface area contributed by atoms with E-state index in [1.807, 2.05) is 84.9 Å². The Morgan fingerprint density at radius 1 is 0.893 bits per heavy atom. The van der Waals surface area contributed by atoms with Crippen LogP contribution in [0, 0.1) is 0 Å². The second kappa shape index (κ2) is 7.92. The number of nitrogens with zero attached hydrogens (tertiary/aromatic N) is 1. The molecule has 28 heavy (non-hydrogen) atoms. The Morgan fingerprint density at radius 3 is 2.36 bits per heavy atom. The lowest BCUT2D eigenvalue weighted by atomic mass is 9.96. The highest BCUT2D eigenvalue weighted by atomic mass is 16.3. The van der Waals surface area contributed by atoms with E-state index >= 15 is 0 Å². The van der Waals surface area contributed by atoms with Crippen LogP contribution in [0.5, 0.6) is 5.75 Å². The molecule has 0 aliphatic heterocycles. The molecule has 0 aliphatic carbocycles. The number of hydrogen-bond acceptors (Lipinski definition) is 3. The smallest absolute Gasteiger partial charge is 0.225 e. The van der Waals surface area contributed by atoms with Gasteiger partial charge in [-0.25, -0.2) is 0 Å². The molecule has 0 aliphatic rings. The first kappa shape index (κ1) is 17.7. The van der Waals surface area contributed by atoms with Gasteiger partial charge in [-0.15, -0.1) is 0 Å². The third kappa shape index (κ3) is 3.71. The molecule has 4 rings (SSSR count). The van der Waals surface area contributed by atoms with E-state index < -0.39 is 6.04 Å². The van der Waals surface area contributed by atoms with Crippen molar-refractivity contribution in [2.24, 2.45) is 0 Å². The average molecular weight is 368 g/mol. The summed E-state index contributed by atoms with van der Waals surface area (Å²) >= 11 is 0. The number of pyridine rings is 1. The van der Waals surface area contributed by atoms with E-state index in [9.17, 15) is 9.90 Å². The van der Waals surface area contributed by atoms with Crippen LogP contribution in [-0.4, -0.2) is 16.0 Å². The van der Waals surface area contributed by atoms with Crippen molar-refractivity contribution in [1.82, 2.24) is 10.3 Å². The fourth-order valence-corrected chi connectivity index (χ4v) is 3.36. The van der Waals surface area contributed by atoms with Gasteiger partial charge in [0.15, 0.2) is 0 Å². The lowest BCUT2D eigenvalue weighted by Crippen LogP contribution is -2.30. The molecule has 4 nitrogen and oxygen atoms in total. The summed E-state index contributed by atoms with van der Waals surface area (Å²) in [5, 5.41) is 14.8. The summed E-state index contributed by atoms with van der Waals surface area (Å²) in [7, 11) is 0. The van der Waals surface area contributed by atoms with Crippen molar-refractivity contribution >= 4 is 16.8 Å². The van der Waals surface area contributed by atoms with Crippen LogP contribution >= 0.6 is 0 Å². The molecule has 1 atom stereocenters. The van der Waals surface area contributed by atoms with Gasteiger partial charge in [0.1, 0.15) is 11.3 Å². The number of aromatic nitrogens is 1. The number of phenols is 1. The van der Waals surface area contributed by atoms with Crippen LogP contribution in [0.15, 0.2) is 91.1 Å². The van der Waals surface area contributed by atoms with Crippen LogP contribution in [0.1, 0.15) is 22.7 Å². The molecule has 0 unspecified atom stereocenters. The first-order valence-corrected chi connectivity index (χ1v) is 9.17. The second-order valence-corrected chi connectivity index (χ2v) is 6.65. The zero-order valence-electron chi connectivity index (χ0n) is 15.2. The number of carbonyl (C=O) groups is 1. The molecule has 2 N–H and O–H groups in total. The molecule has 3 aromatic carbocycles. The van der Waals surface area contributed by atoms with Gasteiger partial charge < -0.3 is 10.4 Å². The van der Waals surface area contributed by atoms with Crippen molar-refractivity contribution in [2.75, 3.05) is 0 Å². The molecule has 0 saturated carbocycles. The Bertz CT molecular complexity index is 1100. The van der Waals surface area contributed by atoms with E-state index in [0.29, 0.717) is 11.1 Å². The standard InChI is InChI=1S/C24H20N2O2/c27-21(16-17-8-3-1-4-9-17)26-22(18-10-5-2-6-11-18)20-14-13-19-12-7-15-25-23(19)24(20)28/h1-15,22,28H,16H2,(H,26,27)/t22-/m0/s1. The third-order valence-electron chi connectivity index (χ3n) is 4.74. The quantitative estimate of drug-likeness (QED) is 0.549. The predicted molar refractivity (Wildman–Crippen MR) is 110 cm³/mol. The zero-order chi connectivity index (χ0) is 19.3. The molecular formula is C24H20N2O2. The number of amides is 1. The maximum Gasteiger partial charge on any atom is 0.225 e. The van der Waals surface area contributed by atoms with Crippen molar-refractivity contribution in [3.63, 3.8) is 0 Å². The van der Waals surface area contributed by atoms with Gasteiger partial charge in [-0.2, -0.15) is 0 Å². The molecule has 0 bridgehead atoms. The van der Waals surface area contributed by atoms with Crippen LogP contribution in [0.3, 0.4) is 0 Å². The number of benzene rings is 3. The highest BCUT2D eigenvalue weighted by Gasteiger charge is 2.21. The highest BCUT2D eigenvalue weighted by Crippen LogP contribution is 2.34. The summed E-state index contributed by atoms with van der Waals surface area (Å²) < 4.78 is 0. The summed E-state index contributed by atoms with van der Waals surface area (Å²) in [5.74, 6) is -0.0208. The summed E-state index contributed by atoms with van der Waals surface area (Å²) in [5.41, 5.74) is 2.99. The van der Waals surface area contributed by atoms with E-state index in [1.54, 1.807) is 6.20 Å². The number of hydrogen-bond donors (Lipinski definition) is 2. The van der Waals surface area contributed by atoms with Gasteiger partial charge in [0.2, 0.25) is 5.91 Å². The van der Waals surface area contributed by atoms with Gasteiger partial charge in [0.25, 0.3) is 0 Å². The minimum absolute atomic E-state index is 0.0898. The number of aromatic hydroxyl groups is 1. The first-order chi connectivity index (χ1) is 13.7. The summed E-state index contributed by atoms with van der Waals surface area (Å²) in [6.07, 6.45) is 1.92. The fraction of sp³-hybridized carbons (Fsp3) is 0.0833. The topological polar surface area (TPSA) is 62.2 Å². The molecule has 0 radical (unpaired) electrons. The van der Waals surface area contributed by atoms with Crippen LogP contribution in [0.4, 0.5) is 0 Å². The minimum atomic E-state index is -0.469. The van der Waals surface area contributed by atoms with E-state index in [4.69, 9.17) is 0 Å². The summed E-state index contributed by atoms with van der Waals surface area (Å²) in [4.78, 5) is 17.0. The monoisotopic (exact) mass is 368 g/mol. The predicted octanol–water partition coefficient (Wildman–Crippen LogP) is 4.39. The average Bonchev–Trinajstić information content (AvgIpc) is 2.74. The van der Waals surface area contributed by atoms with Crippen LogP contribution in [0.2, 0.25) is 0 Å². The van der Waals surface area contributed by atoms with Gasteiger partial charge in [0, 0.05) is 17.1 Å². The Morgan fingerprint density at radius 2 is 1.61 bits per heavy atom. The molecule has 1 heterocycles. The van der Waals surface area contributed by atoms with Crippen LogP contribution in [0.25, 0.3) is 10.9 Å². The number of phenolic OH excluding ortho intramolecular Hbond substituents is 1. The third-order valence-corrected chi connectivity index (χ3v) is 4.74. The van der Waals surface area contributed by atoms with Crippen molar-refractivity contribution in [1.29, 1.82) is 0 Å². The van der Waals surface area contributed by atoms with E-state index in [2.05, 4.69) is 10.3 Å². The fourth-order valence-electron chi connectivity index (χ4n) is 3.36. The summed E-state index contributed by atoms with van der Waals surface area (Å²) in [6, 6.07) is 26.3. The van der Waals surface area contributed by atoms with Crippen LogP contribution < -0.4 is 5.32 Å². The van der Waals surface area contributed by atoms with Crippen LogP contribution in [-0.2, 0) is 11.2 Å². The molecule has 0 saturated heterocycles. The van der Waals surface area contributed by atoms with Crippen molar-refractivity contribution in [2.45, 2.75) is 12.5 Å². The molecule has 1 aromatic heterocycles. The number of carbonyl (C=O) groups excluding carboxylic acids is 1. The largest absolute Gasteiger partial charge is 0.505 e. The molecule has 4 aromatic rings. The van der Waals surface area contributed by atoms with Gasteiger partial charge in [0.05, 0.1) is 12.5 Å². The highest BCUT2D eigenvalue weighted by molar-refractivity contribution is 5.86. The van der Waals surface area contributed by atoms with E-state index in [0.717, 1.165) is 16.5 Å². The van der Waals surface area contributed by atoms with E-state index in [1.165, 1.54) is 0 Å². The Balaban J connectivity index is 1.71. The Kier molecular flexibility index (Phi) is 5.02.